The molecule has 1 amide bonds. The van der Waals surface area contributed by atoms with Crippen LogP contribution in [0.3, 0.4) is 0 Å². The Kier molecular flexibility index (Phi) is 6.48. The van der Waals surface area contributed by atoms with Crippen molar-refractivity contribution in [1.82, 2.24) is 14.9 Å². The van der Waals surface area contributed by atoms with E-state index in [-0.39, 0.29) is 11.9 Å². The summed E-state index contributed by atoms with van der Waals surface area (Å²) >= 11 is 0. The summed E-state index contributed by atoms with van der Waals surface area (Å²) in [5.41, 5.74) is 2.65. The minimum absolute atomic E-state index is 0.00482. The first-order valence-electron chi connectivity index (χ1n) is 9.62. The molecule has 0 unspecified atom stereocenters. The fourth-order valence-electron chi connectivity index (χ4n) is 3.21. The molecule has 0 saturated heterocycles. The molecular formula is C23H27N3O2. The molecule has 0 radical (unpaired) electrons. The minimum atomic E-state index is -0.123. The molecule has 0 aliphatic carbocycles. The maximum absolute atomic E-state index is 13.0. The van der Waals surface area contributed by atoms with Crippen molar-refractivity contribution < 1.29 is 9.53 Å². The Morgan fingerprint density at radius 2 is 1.96 bits per heavy atom. The molecule has 0 bridgehead atoms. The normalized spacial score (nSPS) is 13.0. The third kappa shape index (κ3) is 4.60. The zero-order valence-corrected chi connectivity index (χ0v) is 16.6. The van der Waals surface area contributed by atoms with E-state index in [1.54, 1.807) is 19.6 Å². The highest BCUT2D eigenvalue weighted by Gasteiger charge is 2.22. The Morgan fingerprint density at radius 1 is 1.18 bits per heavy atom. The zero-order valence-electron chi connectivity index (χ0n) is 16.6. The van der Waals surface area contributed by atoms with Gasteiger partial charge in [0.15, 0.2) is 0 Å². The Labute approximate surface area is 166 Å². The van der Waals surface area contributed by atoms with Gasteiger partial charge in [0.2, 0.25) is 0 Å². The van der Waals surface area contributed by atoms with Crippen LogP contribution in [0.15, 0.2) is 67.3 Å². The average molecular weight is 377 g/mol. The number of imidazole rings is 1. The number of nitrogens with zero attached hydrogens (tertiary/aromatic N) is 2. The van der Waals surface area contributed by atoms with Crippen molar-refractivity contribution in [2.24, 2.45) is 5.92 Å². The summed E-state index contributed by atoms with van der Waals surface area (Å²) in [5.74, 6) is 0.784. The monoisotopic (exact) mass is 377 g/mol. The molecular weight excluding hydrogens is 350 g/mol. The van der Waals surface area contributed by atoms with E-state index < -0.39 is 0 Å². The third-order valence-corrected chi connectivity index (χ3v) is 5.17. The van der Waals surface area contributed by atoms with Crippen molar-refractivity contribution in [3.8, 4) is 16.9 Å². The van der Waals surface area contributed by atoms with Crippen molar-refractivity contribution >= 4 is 5.91 Å². The molecule has 1 heterocycles. The summed E-state index contributed by atoms with van der Waals surface area (Å²) in [6, 6.07) is 15.8. The van der Waals surface area contributed by atoms with Gasteiger partial charge in [-0.25, -0.2) is 4.98 Å². The zero-order chi connectivity index (χ0) is 19.9. The molecule has 0 fully saturated rings. The van der Waals surface area contributed by atoms with Crippen LogP contribution in [0.2, 0.25) is 0 Å². The van der Waals surface area contributed by atoms with Gasteiger partial charge in [0.25, 0.3) is 5.91 Å². The number of hydrogen-bond donors (Lipinski definition) is 1. The first-order valence-corrected chi connectivity index (χ1v) is 9.62. The summed E-state index contributed by atoms with van der Waals surface area (Å²) in [6.45, 7) is 4.97. The van der Waals surface area contributed by atoms with Crippen LogP contribution in [0, 0.1) is 5.92 Å². The van der Waals surface area contributed by atoms with E-state index in [0.29, 0.717) is 23.8 Å². The Hall–Kier alpha value is -3.08. The molecule has 1 aromatic heterocycles. The quantitative estimate of drug-likeness (QED) is 0.633. The SMILES string of the molecule is CC[C@H](C)[C@@H](Cn1ccnc1)NC(=O)c1ccc(-c2ccccc2)cc1OC. The number of hydrogen-bond acceptors (Lipinski definition) is 3. The molecule has 0 spiro atoms. The molecule has 1 N–H and O–H groups in total. The van der Waals surface area contributed by atoms with Crippen molar-refractivity contribution in [1.29, 1.82) is 0 Å². The number of rotatable bonds is 8. The van der Waals surface area contributed by atoms with Gasteiger partial charge in [-0.2, -0.15) is 0 Å². The van der Waals surface area contributed by atoms with Gasteiger partial charge in [-0.15, -0.1) is 0 Å². The van der Waals surface area contributed by atoms with E-state index in [1.807, 2.05) is 59.3 Å². The van der Waals surface area contributed by atoms with Gasteiger partial charge in [0, 0.05) is 25.0 Å². The lowest BCUT2D eigenvalue weighted by Gasteiger charge is -2.25. The van der Waals surface area contributed by atoms with E-state index in [0.717, 1.165) is 17.5 Å². The van der Waals surface area contributed by atoms with E-state index in [4.69, 9.17) is 4.74 Å². The van der Waals surface area contributed by atoms with Crippen molar-refractivity contribution in [3.63, 3.8) is 0 Å². The number of methoxy groups -OCH3 is 1. The van der Waals surface area contributed by atoms with Crippen molar-refractivity contribution in [3.05, 3.63) is 72.8 Å². The minimum Gasteiger partial charge on any atom is -0.496 e. The molecule has 146 valence electrons. The molecule has 2 atom stereocenters. The Balaban J connectivity index is 1.81. The number of nitrogens with one attached hydrogen (secondary N) is 1. The highest BCUT2D eigenvalue weighted by molar-refractivity contribution is 5.97. The van der Waals surface area contributed by atoms with Crippen LogP contribution in [-0.2, 0) is 6.54 Å². The van der Waals surface area contributed by atoms with Crippen LogP contribution in [-0.4, -0.2) is 28.6 Å². The van der Waals surface area contributed by atoms with Crippen molar-refractivity contribution in [2.45, 2.75) is 32.9 Å². The summed E-state index contributed by atoms with van der Waals surface area (Å²) in [5, 5.41) is 3.19. The number of carbonyl (C=O) groups is 1. The third-order valence-electron chi connectivity index (χ3n) is 5.17. The molecule has 3 rings (SSSR count). The number of amides is 1. The largest absolute Gasteiger partial charge is 0.496 e. The maximum atomic E-state index is 13.0. The number of ether oxygens (including phenoxy) is 1. The second-order valence-corrected chi connectivity index (χ2v) is 7.01. The predicted molar refractivity (Wildman–Crippen MR) is 111 cm³/mol. The van der Waals surface area contributed by atoms with E-state index >= 15 is 0 Å². The fourth-order valence-corrected chi connectivity index (χ4v) is 3.21. The topological polar surface area (TPSA) is 56.2 Å². The van der Waals surface area contributed by atoms with Gasteiger partial charge >= 0.3 is 0 Å². The number of benzene rings is 2. The van der Waals surface area contributed by atoms with Crippen molar-refractivity contribution in [2.75, 3.05) is 7.11 Å². The second-order valence-electron chi connectivity index (χ2n) is 7.01. The number of carbonyl (C=O) groups excluding carboxylic acids is 1. The predicted octanol–water partition coefficient (Wildman–Crippen LogP) is 4.40. The average Bonchev–Trinajstić information content (AvgIpc) is 3.26. The van der Waals surface area contributed by atoms with Crippen LogP contribution in [0.4, 0.5) is 0 Å². The van der Waals surface area contributed by atoms with Crippen LogP contribution in [0.25, 0.3) is 11.1 Å². The van der Waals surface area contributed by atoms with Gasteiger partial charge in [-0.1, -0.05) is 56.7 Å². The fraction of sp³-hybridized carbons (Fsp3) is 0.304. The highest BCUT2D eigenvalue weighted by atomic mass is 16.5. The molecule has 0 aliphatic rings. The molecule has 5 nitrogen and oxygen atoms in total. The summed E-state index contributed by atoms with van der Waals surface area (Å²) in [4.78, 5) is 17.1. The second kappa shape index (κ2) is 9.22. The lowest BCUT2D eigenvalue weighted by atomic mass is 9.98. The summed E-state index contributed by atoms with van der Waals surface area (Å²) in [7, 11) is 1.60. The van der Waals surface area contributed by atoms with Crippen LogP contribution >= 0.6 is 0 Å². The van der Waals surface area contributed by atoms with Gasteiger partial charge < -0.3 is 14.6 Å². The van der Waals surface area contributed by atoms with Gasteiger partial charge in [0.1, 0.15) is 5.75 Å². The highest BCUT2D eigenvalue weighted by Crippen LogP contribution is 2.27. The first kappa shape index (κ1) is 19.7. The van der Waals surface area contributed by atoms with Crippen LogP contribution < -0.4 is 10.1 Å². The lowest BCUT2D eigenvalue weighted by molar-refractivity contribution is 0.0914. The van der Waals surface area contributed by atoms with Crippen LogP contribution in [0.5, 0.6) is 5.75 Å². The molecule has 0 saturated carbocycles. The van der Waals surface area contributed by atoms with Gasteiger partial charge in [0.05, 0.1) is 19.0 Å². The van der Waals surface area contributed by atoms with E-state index in [9.17, 15) is 4.79 Å². The molecule has 5 heteroatoms. The summed E-state index contributed by atoms with van der Waals surface area (Å²) < 4.78 is 7.52. The van der Waals surface area contributed by atoms with E-state index in [2.05, 4.69) is 24.1 Å². The summed E-state index contributed by atoms with van der Waals surface area (Å²) in [6.07, 6.45) is 6.41. The Morgan fingerprint density at radius 3 is 2.61 bits per heavy atom. The lowest BCUT2D eigenvalue weighted by Crippen LogP contribution is -2.42. The smallest absolute Gasteiger partial charge is 0.255 e. The molecule has 28 heavy (non-hydrogen) atoms. The maximum Gasteiger partial charge on any atom is 0.255 e. The van der Waals surface area contributed by atoms with Gasteiger partial charge in [-0.05, 0) is 29.2 Å². The van der Waals surface area contributed by atoms with Gasteiger partial charge in [-0.3, -0.25) is 4.79 Å². The van der Waals surface area contributed by atoms with E-state index in [1.165, 1.54) is 0 Å². The molecule has 3 aromatic rings. The van der Waals surface area contributed by atoms with Crippen LogP contribution in [0.1, 0.15) is 30.6 Å². The number of aromatic nitrogens is 2. The standard InChI is InChI=1S/C23H27N3O2/c1-4-17(2)21(15-26-13-12-24-16-26)25-23(27)20-11-10-19(14-22(20)28-3)18-8-6-5-7-9-18/h5-14,16-17,21H,4,15H2,1-3H3,(H,25,27)/t17-,21+/m0/s1. The molecule has 0 aliphatic heterocycles. The Bertz CT molecular complexity index is 891. The molecule has 2 aromatic carbocycles. The first-order chi connectivity index (χ1) is 13.6.